The van der Waals surface area contributed by atoms with Gasteiger partial charge in [-0.05, 0) is 57.1 Å². The number of anilines is 3. The number of hydrogen-bond donors (Lipinski definition) is 3. The first-order chi connectivity index (χ1) is 18.6. The number of nitrogens with zero attached hydrogens (tertiary/aromatic N) is 5. The summed E-state index contributed by atoms with van der Waals surface area (Å²) in [4.78, 5) is 33.6. The van der Waals surface area contributed by atoms with Gasteiger partial charge in [0.15, 0.2) is 5.65 Å². The van der Waals surface area contributed by atoms with Crippen molar-refractivity contribution in [1.29, 1.82) is 0 Å². The smallest absolute Gasteiger partial charge is 0.274 e. The number of nitrogens with one attached hydrogen (secondary N) is 3. The zero-order valence-electron chi connectivity index (χ0n) is 21.9. The summed E-state index contributed by atoms with van der Waals surface area (Å²) >= 11 is 0. The molecule has 11 nitrogen and oxygen atoms in total. The highest BCUT2D eigenvalue weighted by molar-refractivity contribution is 6.00. The van der Waals surface area contributed by atoms with Crippen molar-refractivity contribution in [3.05, 3.63) is 46.5 Å². The molecule has 1 saturated heterocycles. The topological polar surface area (TPSA) is 118 Å². The number of fused-ring (bicyclic) bond motifs is 1. The van der Waals surface area contributed by atoms with Crippen LogP contribution in [0.5, 0.6) is 0 Å². The molecule has 3 aliphatic rings. The Morgan fingerprint density at radius 1 is 1.08 bits per heavy atom. The number of hydrogen-bond acceptors (Lipinski definition) is 8. The fourth-order valence-corrected chi connectivity index (χ4v) is 5.86. The van der Waals surface area contributed by atoms with Gasteiger partial charge in [-0.15, -0.1) is 0 Å². The molecule has 0 bridgehead atoms. The summed E-state index contributed by atoms with van der Waals surface area (Å²) in [5.74, 6) is 0.968. The molecule has 0 atom stereocenters. The van der Waals surface area contributed by atoms with Gasteiger partial charge < -0.3 is 25.3 Å². The quantitative estimate of drug-likeness (QED) is 0.435. The first-order valence-corrected chi connectivity index (χ1v) is 13.8. The summed E-state index contributed by atoms with van der Waals surface area (Å²) in [6.45, 7) is 3.63. The normalized spacial score (nSPS) is 22.7. The average Bonchev–Trinajstić information content (AvgIpc) is 3.36. The molecule has 3 fully saturated rings. The minimum absolute atomic E-state index is 0.0635. The van der Waals surface area contributed by atoms with Gasteiger partial charge in [0.2, 0.25) is 0 Å². The molecule has 11 heteroatoms. The molecule has 0 radical (unpaired) electrons. The summed E-state index contributed by atoms with van der Waals surface area (Å²) in [7, 11) is 1.79. The third-order valence-electron chi connectivity index (χ3n) is 8.27. The van der Waals surface area contributed by atoms with E-state index in [-0.39, 0.29) is 23.6 Å². The standard InChI is InChI=1S/C27H36N8O3/c1-28-24-16-23(32-25-21(17-29-35(24)25)26(36)30-18-4-2-5-18)31-22-6-3-11-34(27(22)37)20-9-7-19(8-10-20)33-12-14-38-15-13-33/h3,6,11,16-20,28H,2,4-5,7-10,12-15H2,1H3,(H,30,36)(H,31,32). The number of carbonyl (C=O) groups is 1. The predicted molar refractivity (Wildman–Crippen MR) is 145 cm³/mol. The molecule has 3 aromatic rings. The first-order valence-electron chi connectivity index (χ1n) is 13.8. The molecule has 4 heterocycles. The van der Waals surface area contributed by atoms with Crippen molar-refractivity contribution >= 4 is 28.9 Å². The SMILES string of the molecule is CNc1cc(Nc2cccn(C3CCC(N4CCOCC4)CC3)c2=O)nc2c(C(=O)NC3CCC3)cnn12. The number of carbonyl (C=O) groups excluding carboxylic acids is 1. The molecule has 0 spiro atoms. The Hall–Kier alpha value is -3.44. The van der Waals surface area contributed by atoms with Gasteiger partial charge in [-0.3, -0.25) is 14.5 Å². The van der Waals surface area contributed by atoms with Gasteiger partial charge in [0, 0.05) is 50.5 Å². The van der Waals surface area contributed by atoms with Crippen molar-refractivity contribution in [3.63, 3.8) is 0 Å². The Morgan fingerprint density at radius 2 is 1.84 bits per heavy atom. The summed E-state index contributed by atoms with van der Waals surface area (Å²) in [6, 6.07) is 6.46. The highest BCUT2D eigenvalue weighted by Crippen LogP contribution is 2.31. The zero-order chi connectivity index (χ0) is 26.1. The Bertz CT molecular complexity index is 1350. The molecular weight excluding hydrogens is 484 g/mol. The average molecular weight is 521 g/mol. The van der Waals surface area contributed by atoms with Crippen molar-refractivity contribution in [3.8, 4) is 0 Å². The maximum absolute atomic E-state index is 13.5. The van der Waals surface area contributed by atoms with Crippen molar-refractivity contribution in [2.24, 2.45) is 0 Å². The number of rotatable bonds is 7. The van der Waals surface area contributed by atoms with E-state index in [9.17, 15) is 9.59 Å². The molecule has 3 aromatic heterocycles. The Balaban J connectivity index is 1.21. The van der Waals surface area contributed by atoms with E-state index in [0.29, 0.717) is 34.6 Å². The largest absolute Gasteiger partial charge is 0.379 e. The third-order valence-corrected chi connectivity index (χ3v) is 8.27. The van der Waals surface area contributed by atoms with Gasteiger partial charge in [0.25, 0.3) is 11.5 Å². The van der Waals surface area contributed by atoms with E-state index in [0.717, 1.165) is 71.2 Å². The summed E-state index contributed by atoms with van der Waals surface area (Å²) in [6.07, 6.45) is 10.7. The number of pyridine rings is 1. The van der Waals surface area contributed by atoms with Crippen LogP contribution in [0.15, 0.2) is 35.4 Å². The molecule has 2 aliphatic carbocycles. The Kier molecular flexibility index (Phi) is 7.03. The monoisotopic (exact) mass is 520 g/mol. The molecule has 0 aromatic carbocycles. The number of amides is 1. The Morgan fingerprint density at radius 3 is 2.55 bits per heavy atom. The second-order valence-electron chi connectivity index (χ2n) is 10.5. The molecule has 38 heavy (non-hydrogen) atoms. The van der Waals surface area contributed by atoms with E-state index in [2.05, 4.69) is 30.9 Å². The Labute approximate surface area is 221 Å². The number of morpholine rings is 1. The van der Waals surface area contributed by atoms with Crippen molar-refractivity contribution in [2.45, 2.75) is 63.1 Å². The van der Waals surface area contributed by atoms with Crippen LogP contribution in [0, 0.1) is 0 Å². The van der Waals surface area contributed by atoms with Crippen LogP contribution >= 0.6 is 0 Å². The minimum Gasteiger partial charge on any atom is -0.379 e. The molecular formula is C27H36N8O3. The molecule has 202 valence electrons. The van der Waals surface area contributed by atoms with Gasteiger partial charge in [0.1, 0.15) is 22.9 Å². The third kappa shape index (κ3) is 4.88. The zero-order valence-corrected chi connectivity index (χ0v) is 21.9. The summed E-state index contributed by atoms with van der Waals surface area (Å²) < 4.78 is 8.98. The fourth-order valence-electron chi connectivity index (χ4n) is 5.86. The fraction of sp³-hybridized carbons (Fsp3) is 0.556. The van der Waals surface area contributed by atoms with Crippen molar-refractivity contribution in [2.75, 3.05) is 44.0 Å². The van der Waals surface area contributed by atoms with E-state index in [1.54, 1.807) is 29.9 Å². The van der Waals surface area contributed by atoms with Crippen LogP contribution in [0.4, 0.5) is 17.3 Å². The minimum atomic E-state index is -0.175. The van der Waals surface area contributed by atoms with Crippen LogP contribution < -0.4 is 21.5 Å². The van der Waals surface area contributed by atoms with Crippen molar-refractivity contribution < 1.29 is 9.53 Å². The molecule has 2 saturated carbocycles. The van der Waals surface area contributed by atoms with Crippen LogP contribution in [-0.2, 0) is 4.74 Å². The van der Waals surface area contributed by atoms with E-state index < -0.39 is 0 Å². The highest BCUT2D eigenvalue weighted by atomic mass is 16.5. The summed E-state index contributed by atoms with van der Waals surface area (Å²) in [5, 5.41) is 13.8. The number of aromatic nitrogens is 4. The lowest BCUT2D eigenvalue weighted by Gasteiger charge is -2.39. The van der Waals surface area contributed by atoms with Crippen molar-refractivity contribution in [1.82, 2.24) is 29.4 Å². The lowest BCUT2D eigenvalue weighted by molar-refractivity contribution is 0.00535. The molecule has 1 aliphatic heterocycles. The first kappa shape index (κ1) is 24.9. The van der Waals surface area contributed by atoms with Gasteiger partial charge >= 0.3 is 0 Å². The van der Waals surface area contributed by atoms with E-state index >= 15 is 0 Å². The van der Waals surface area contributed by atoms with Gasteiger partial charge in [-0.2, -0.15) is 9.61 Å². The molecule has 1 amide bonds. The van der Waals surface area contributed by atoms with Crippen LogP contribution in [0.25, 0.3) is 5.65 Å². The predicted octanol–water partition coefficient (Wildman–Crippen LogP) is 2.77. The lowest BCUT2D eigenvalue weighted by atomic mass is 9.89. The van der Waals surface area contributed by atoms with Crippen LogP contribution in [0.3, 0.4) is 0 Å². The second kappa shape index (κ2) is 10.7. The summed E-state index contributed by atoms with van der Waals surface area (Å²) in [5.41, 5.74) is 1.25. The van der Waals surface area contributed by atoms with E-state index in [1.807, 2.05) is 16.8 Å². The lowest BCUT2D eigenvalue weighted by Crippen LogP contribution is -2.45. The molecule has 0 unspecified atom stereocenters. The molecule has 6 rings (SSSR count). The van der Waals surface area contributed by atoms with Crippen LogP contribution in [-0.4, -0.2) is 75.4 Å². The maximum Gasteiger partial charge on any atom is 0.274 e. The van der Waals surface area contributed by atoms with Gasteiger partial charge in [0.05, 0.1) is 19.4 Å². The maximum atomic E-state index is 13.5. The highest BCUT2D eigenvalue weighted by Gasteiger charge is 2.28. The van der Waals surface area contributed by atoms with Crippen LogP contribution in [0.1, 0.15) is 61.3 Å². The van der Waals surface area contributed by atoms with Gasteiger partial charge in [-0.25, -0.2) is 4.98 Å². The van der Waals surface area contributed by atoms with E-state index in [1.165, 1.54) is 0 Å². The van der Waals surface area contributed by atoms with Gasteiger partial charge in [-0.1, -0.05) is 0 Å². The second-order valence-corrected chi connectivity index (χ2v) is 10.5. The number of ether oxygens (including phenoxy) is 1. The van der Waals surface area contributed by atoms with E-state index in [4.69, 9.17) is 4.74 Å². The van der Waals surface area contributed by atoms with Crippen LogP contribution in [0.2, 0.25) is 0 Å². The molecule has 3 N–H and O–H groups in total.